The fraction of sp³-hybridized carbons (Fsp3) is 0.231. The molecule has 0 fully saturated rings. The van der Waals surface area contributed by atoms with E-state index in [-0.39, 0.29) is 5.82 Å². The van der Waals surface area contributed by atoms with Gasteiger partial charge in [0.05, 0.1) is 19.3 Å². The molecule has 0 unspecified atom stereocenters. The van der Waals surface area contributed by atoms with E-state index in [2.05, 4.69) is 25.0 Å². The third-order valence-corrected chi connectivity index (χ3v) is 2.42. The van der Waals surface area contributed by atoms with Gasteiger partial charge >= 0.3 is 5.97 Å². The van der Waals surface area contributed by atoms with E-state index < -0.39 is 5.97 Å². The standard InChI is InChI=1S/C13H14N4O2/c1-9-4-3-5-10(16-9)8-15-11-6-7-14-12(17-11)13(18)19-2/h3-7H,8H2,1-2H3,(H,14,15,17). The molecule has 0 atom stereocenters. The zero-order valence-electron chi connectivity index (χ0n) is 10.8. The number of ether oxygens (including phenoxy) is 1. The molecule has 0 aliphatic heterocycles. The minimum absolute atomic E-state index is 0.0321. The van der Waals surface area contributed by atoms with Gasteiger partial charge in [-0.3, -0.25) is 4.98 Å². The number of rotatable bonds is 4. The molecular formula is C13H14N4O2. The lowest BCUT2D eigenvalue weighted by atomic mass is 10.3. The van der Waals surface area contributed by atoms with Crippen LogP contribution in [0.15, 0.2) is 30.5 Å². The van der Waals surface area contributed by atoms with Crippen molar-refractivity contribution in [3.63, 3.8) is 0 Å². The van der Waals surface area contributed by atoms with Crippen molar-refractivity contribution in [2.45, 2.75) is 13.5 Å². The number of hydrogen-bond acceptors (Lipinski definition) is 6. The van der Waals surface area contributed by atoms with Gasteiger partial charge in [-0.25, -0.2) is 14.8 Å². The van der Waals surface area contributed by atoms with Gasteiger partial charge in [-0.05, 0) is 25.1 Å². The molecule has 98 valence electrons. The molecule has 1 N–H and O–H groups in total. The van der Waals surface area contributed by atoms with Crippen molar-refractivity contribution in [2.75, 3.05) is 12.4 Å². The van der Waals surface area contributed by atoms with E-state index in [9.17, 15) is 4.79 Å². The first-order chi connectivity index (χ1) is 9.19. The lowest BCUT2D eigenvalue weighted by Gasteiger charge is -2.06. The monoisotopic (exact) mass is 258 g/mol. The minimum atomic E-state index is -0.558. The molecule has 2 heterocycles. The van der Waals surface area contributed by atoms with E-state index in [4.69, 9.17) is 0 Å². The van der Waals surface area contributed by atoms with Crippen molar-refractivity contribution in [1.82, 2.24) is 15.0 Å². The Bertz CT molecular complexity index is 586. The van der Waals surface area contributed by atoms with E-state index in [1.165, 1.54) is 13.3 Å². The van der Waals surface area contributed by atoms with Crippen LogP contribution < -0.4 is 5.32 Å². The fourth-order valence-electron chi connectivity index (χ4n) is 1.53. The molecule has 6 nitrogen and oxygen atoms in total. The Balaban J connectivity index is 2.05. The SMILES string of the molecule is COC(=O)c1nccc(NCc2cccc(C)n2)n1. The van der Waals surface area contributed by atoms with Gasteiger partial charge in [-0.2, -0.15) is 0 Å². The van der Waals surface area contributed by atoms with Gasteiger partial charge in [0.1, 0.15) is 5.82 Å². The van der Waals surface area contributed by atoms with Gasteiger partial charge in [-0.15, -0.1) is 0 Å². The summed E-state index contributed by atoms with van der Waals surface area (Å²) in [5.41, 5.74) is 1.86. The van der Waals surface area contributed by atoms with Crippen LogP contribution in [0.1, 0.15) is 22.0 Å². The number of methoxy groups -OCH3 is 1. The first-order valence-corrected chi connectivity index (χ1v) is 5.77. The fourth-order valence-corrected chi connectivity index (χ4v) is 1.53. The third kappa shape index (κ3) is 3.48. The summed E-state index contributed by atoms with van der Waals surface area (Å²) in [6, 6.07) is 7.48. The molecule has 0 saturated carbocycles. The number of esters is 1. The van der Waals surface area contributed by atoms with Crippen molar-refractivity contribution in [3.8, 4) is 0 Å². The quantitative estimate of drug-likeness (QED) is 0.839. The number of aryl methyl sites for hydroxylation is 1. The summed E-state index contributed by atoms with van der Waals surface area (Å²) >= 11 is 0. The summed E-state index contributed by atoms with van der Waals surface area (Å²) in [4.78, 5) is 23.6. The average molecular weight is 258 g/mol. The lowest BCUT2D eigenvalue weighted by Crippen LogP contribution is -2.10. The van der Waals surface area contributed by atoms with E-state index in [0.29, 0.717) is 12.4 Å². The van der Waals surface area contributed by atoms with E-state index >= 15 is 0 Å². The smallest absolute Gasteiger partial charge is 0.376 e. The number of nitrogens with zero attached hydrogens (tertiary/aromatic N) is 3. The van der Waals surface area contributed by atoms with E-state index in [1.54, 1.807) is 6.07 Å². The zero-order chi connectivity index (χ0) is 13.7. The molecule has 0 bridgehead atoms. The predicted octanol–water partition coefficient (Wildman–Crippen LogP) is 1.58. The van der Waals surface area contributed by atoms with Crippen molar-refractivity contribution < 1.29 is 9.53 Å². The largest absolute Gasteiger partial charge is 0.463 e. The number of nitrogens with one attached hydrogen (secondary N) is 1. The lowest BCUT2D eigenvalue weighted by molar-refractivity contribution is 0.0587. The Hall–Kier alpha value is -2.50. The molecule has 0 spiro atoms. The Kier molecular flexibility index (Phi) is 4.02. The van der Waals surface area contributed by atoms with E-state index in [1.807, 2.05) is 25.1 Å². The third-order valence-electron chi connectivity index (χ3n) is 2.42. The predicted molar refractivity (Wildman–Crippen MR) is 69.7 cm³/mol. The van der Waals surface area contributed by atoms with Gasteiger partial charge in [0, 0.05) is 11.9 Å². The molecule has 2 aromatic rings. The first kappa shape index (κ1) is 12.9. The highest BCUT2D eigenvalue weighted by atomic mass is 16.5. The Morgan fingerprint density at radius 3 is 2.89 bits per heavy atom. The summed E-state index contributed by atoms with van der Waals surface area (Å²) in [5.74, 6) is 0.0285. The second-order valence-corrected chi connectivity index (χ2v) is 3.88. The summed E-state index contributed by atoms with van der Waals surface area (Å²) in [6.45, 7) is 2.46. The van der Waals surface area contributed by atoms with Crippen LogP contribution in [0.3, 0.4) is 0 Å². The van der Waals surface area contributed by atoms with Crippen LogP contribution in [-0.4, -0.2) is 28.0 Å². The van der Waals surface area contributed by atoms with Crippen molar-refractivity contribution in [3.05, 3.63) is 47.7 Å². The van der Waals surface area contributed by atoms with Gasteiger partial charge < -0.3 is 10.1 Å². The molecule has 0 aliphatic rings. The van der Waals surface area contributed by atoms with Crippen LogP contribution in [0.2, 0.25) is 0 Å². The first-order valence-electron chi connectivity index (χ1n) is 5.77. The van der Waals surface area contributed by atoms with Gasteiger partial charge in [0.2, 0.25) is 5.82 Å². The molecule has 2 rings (SSSR count). The molecule has 0 amide bonds. The Labute approximate surface area is 110 Å². The zero-order valence-corrected chi connectivity index (χ0v) is 10.8. The van der Waals surface area contributed by atoms with Crippen LogP contribution >= 0.6 is 0 Å². The molecule has 19 heavy (non-hydrogen) atoms. The highest BCUT2D eigenvalue weighted by molar-refractivity contribution is 5.85. The van der Waals surface area contributed by atoms with Crippen LogP contribution in [0.5, 0.6) is 0 Å². The van der Waals surface area contributed by atoms with Gasteiger partial charge in [0.15, 0.2) is 0 Å². The summed E-state index contributed by atoms with van der Waals surface area (Å²) in [5, 5.41) is 3.09. The molecule has 0 radical (unpaired) electrons. The molecule has 2 aromatic heterocycles. The summed E-state index contributed by atoms with van der Waals surface area (Å²) < 4.78 is 4.57. The molecule has 6 heteroatoms. The van der Waals surface area contributed by atoms with Crippen LogP contribution in [0.4, 0.5) is 5.82 Å². The van der Waals surface area contributed by atoms with Gasteiger partial charge in [0.25, 0.3) is 0 Å². The van der Waals surface area contributed by atoms with E-state index in [0.717, 1.165) is 11.4 Å². The minimum Gasteiger partial charge on any atom is -0.463 e. The normalized spacial score (nSPS) is 10.0. The topological polar surface area (TPSA) is 77.0 Å². The maximum absolute atomic E-state index is 11.3. The molecule has 0 saturated heterocycles. The van der Waals surface area contributed by atoms with Crippen LogP contribution in [-0.2, 0) is 11.3 Å². The molecule has 0 aliphatic carbocycles. The summed E-state index contributed by atoms with van der Waals surface area (Å²) in [6.07, 6.45) is 1.51. The summed E-state index contributed by atoms with van der Waals surface area (Å²) in [7, 11) is 1.29. The second-order valence-electron chi connectivity index (χ2n) is 3.88. The van der Waals surface area contributed by atoms with Gasteiger partial charge in [-0.1, -0.05) is 6.07 Å². The van der Waals surface area contributed by atoms with Crippen LogP contribution in [0.25, 0.3) is 0 Å². The highest BCUT2D eigenvalue weighted by Gasteiger charge is 2.09. The maximum atomic E-state index is 11.3. The Morgan fingerprint density at radius 2 is 2.16 bits per heavy atom. The second kappa shape index (κ2) is 5.90. The molecular weight excluding hydrogens is 244 g/mol. The van der Waals surface area contributed by atoms with Crippen LogP contribution in [0, 0.1) is 6.92 Å². The van der Waals surface area contributed by atoms with Crippen molar-refractivity contribution in [1.29, 1.82) is 0 Å². The molecule has 0 aromatic carbocycles. The number of carbonyl (C=O) groups is 1. The number of pyridine rings is 1. The maximum Gasteiger partial charge on any atom is 0.376 e. The number of carbonyl (C=O) groups excluding carboxylic acids is 1. The van der Waals surface area contributed by atoms with Crippen molar-refractivity contribution in [2.24, 2.45) is 0 Å². The number of anilines is 1. The Morgan fingerprint density at radius 1 is 1.32 bits per heavy atom. The highest BCUT2D eigenvalue weighted by Crippen LogP contribution is 2.06. The average Bonchev–Trinajstić information content (AvgIpc) is 2.45. The number of hydrogen-bond donors (Lipinski definition) is 1. The number of aromatic nitrogens is 3. The van der Waals surface area contributed by atoms with Crippen molar-refractivity contribution >= 4 is 11.8 Å².